The van der Waals surface area contributed by atoms with Crippen LogP contribution in [0.2, 0.25) is 0 Å². The van der Waals surface area contributed by atoms with E-state index in [1.54, 1.807) is 16.9 Å². The van der Waals surface area contributed by atoms with Crippen LogP contribution in [0.1, 0.15) is 49.0 Å². The highest BCUT2D eigenvalue weighted by atomic mass is 16.5. The molecule has 7 nitrogen and oxygen atoms in total. The van der Waals surface area contributed by atoms with Crippen molar-refractivity contribution >= 4 is 34.2 Å². The Morgan fingerprint density at radius 2 is 1.81 bits per heavy atom. The third-order valence-electron chi connectivity index (χ3n) is 6.65. The van der Waals surface area contributed by atoms with Gasteiger partial charge in [0.25, 0.3) is 5.91 Å². The van der Waals surface area contributed by atoms with E-state index in [0.717, 1.165) is 22.0 Å². The van der Waals surface area contributed by atoms with Crippen LogP contribution in [-0.4, -0.2) is 48.9 Å². The number of anilines is 1. The fourth-order valence-electron chi connectivity index (χ4n) is 4.91. The molecule has 1 heterocycles. The third-order valence-corrected chi connectivity index (χ3v) is 6.65. The second-order valence-electron chi connectivity index (χ2n) is 8.93. The molecule has 0 aliphatic carbocycles. The van der Waals surface area contributed by atoms with Gasteiger partial charge in [-0.15, -0.1) is 0 Å². The number of nitrogens with one attached hydrogen (secondary N) is 1. The van der Waals surface area contributed by atoms with Gasteiger partial charge in [0, 0.05) is 37.0 Å². The average Bonchev–Trinajstić information content (AvgIpc) is 3.17. The molecule has 0 bridgehead atoms. The first-order valence-electron chi connectivity index (χ1n) is 12.5. The summed E-state index contributed by atoms with van der Waals surface area (Å²) in [5, 5.41) is 4.86. The molecule has 188 valence electrons. The molecule has 0 unspecified atom stereocenters. The van der Waals surface area contributed by atoms with Crippen molar-refractivity contribution in [1.29, 1.82) is 0 Å². The van der Waals surface area contributed by atoms with Crippen LogP contribution >= 0.6 is 0 Å². The lowest BCUT2D eigenvalue weighted by atomic mass is 10.1. The van der Waals surface area contributed by atoms with Gasteiger partial charge in [0.15, 0.2) is 0 Å². The summed E-state index contributed by atoms with van der Waals surface area (Å²) in [7, 11) is 1.60. The van der Waals surface area contributed by atoms with Gasteiger partial charge in [0.2, 0.25) is 11.8 Å². The first-order valence-corrected chi connectivity index (χ1v) is 12.5. The molecular formula is C29H33N3O4. The largest absolute Gasteiger partial charge is 0.497 e. The van der Waals surface area contributed by atoms with E-state index in [2.05, 4.69) is 5.32 Å². The summed E-state index contributed by atoms with van der Waals surface area (Å²) in [5.41, 5.74) is 2.49. The summed E-state index contributed by atoms with van der Waals surface area (Å²) >= 11 is 0. The van der Waals surface area contributed by atoms with Crippen LogP contribution in [0.3, 0.4) is 0 Å². The fourth-order valence-corrected chi connectivity index (χ4v) is 4.91. The Balaban J connectivity index is 1.49. The number of hydrogen-bond donors (Lipinski definition) is 1. The van der Waals surface area contributed by atoms with Gasteiger partial charge in [0.1, 0.15) is 11.8 Å². The number of amides is 3. The zero-order valence-electron chi connectivity index (χ0n) is 21.1. The molecule has 3 aromatic rings. The van der Waals surface area contributed by atoms with Gasteiger partial charge in [-0.2, -0.15) is 0 Å². The zero-order valence-corrected chi connectivity index (χ0v) is 21.1. The van der Waals surface area contributed by atoms with Crippen LogP contribution in [0.5, 0.6) is 5.75 Å². The summed E-state index contributed by atoms with van der Waals surface area (Å²) in [6.45, 7) is 5.01. The maximum atomic E-state index is 13.5. The summed E-state index contributed by atoms with van der Waals surface area (Å²) in [6, 6.07) is 18.6. The smallest absolute Gasteiger partial charge is 0.258 e. The van der Waals surface area contributed by atoms with E-state index in [1.807, 2.05) is 74.5 Å². The molecule has 1 aliphatic rings. The predicted octanol–water partition coefficient (Wildman–Crippen LogP) is 4.53. The van der Waals surface area contributed by atoms with Crippen LogP contribution in [0.15, 0.2) is 60.7 Å². The van der Waals surface area contributed by atoms with Crippen molar-refractivity contribution in [2.75, 3.05) is 25.1 Å². The summed E-state index contributed by atoms with van der Waals surface area (Å²) < 4.78 is 5.33. The van der Waals surface area contributed by atoms with Crippen molar-refractivity contribution in [2.45, 2.75) is 45.7 Å². The maximum Gasteiger partial charge on any atom is 0.258 e. The topological polar surface area (TPSA) is 79.0 Å². The molecule has 0 saturated carbocycles. The molecule has 1 aliphatic heterocycles. The molecular weight excluding hydrogens is 454 g/mol. The predicted molar refractivity (Wildman–Crippen MR) is 141 cm³/mol. The molecule has 0 spiro atoms. The number of rotatable bonds is 11. The van der Waals surface area contributed by atoms with Crippen LogP contribution in [-0.2, 0) is 16.1 Å². The molecule has 0 aromatic heterocycles. The average molecular weight is 488 g/mol. The Hall–Kier alpha value is -3.87. The van der Waals surface area contributed by atoms with Gasteiger partial charge in [-0.1, -0.05) is 43.3 Å². The number of methoxy groups -OCH3 is 1. The number of nitrogens with zero attached hydrogens (tertiary/aromatic N) is 2. The SMILES string of the molecule is CCNC(=O)[C@@H](CC)N(Cc1cccc(OC)c1)C(=O)CCCN1C(=O)c2cccc3cccc1c23. The molecule has 1 N–H and O–H groups in total. The highest BCUT2D eigenvalue weighted by Gasteiger charge is 2.31. The minimum atomic E-state index is -0.574. The van der Waals surface area contributed by atoms with Gasteiger partial charge in [-0.3, -0.25) is 14.4 Å². The van der Waals surface area contributed by atoms with Crippen molar-refractivity contribution < 1.29 is 19.1 Å². The number of likely N-dealkylation sites (N-methyl/N-ethyl adjacent to an activating group) is 1. The van der Waals surface area contributed by atoms with Gasteiger partial charge in [-0.25, -0.2) is 0 Å². The molecule has 3 amide bonds. The third kappa shape index (κ3) is 5.05. The Bertz CT molecular complexity index is 1270. The molecule has 0 saturated heterocycles. The van der Waals surface area contributed by atoms with E-state index in [-0.39, 0.29) is 24.1 Å². The second kappa shape index (κ2) is 11.2. The Labute approximate surface area is 212 Å². The van der Waals surface area contributed by atoms with Crippen molar-refractivity contribution in [2.24, 2.45) is 0 Å². The highest BCUT2D eigenvalue weighted by Crippen LogP contribution is 2.37. The van der Waals surface area contributed by atoms with E-state index in [4.69, 9.17) is 4.74 Å². The minimum Gasteiger partial charge on any atom is -0.497 e. The number of carbonyl (C=O) groups is 3. The van der Waals surface area contributed by atoms with E-state index in [1.165, 1.54) is 0 Å². The van der Waals surface area contributed by atoms with Gasteiger partial charge in [0.05, 0.1) is 12.8 Å². The van der Waals surface area contributed by atoms with E-state index >= 15 is 0 Å². The maximum absolute atomic E-state index is 13.5. The van der Waals surface area contributed by atoms with E-state index in [9.17, 15) is 14.4 Å². The van der Waals surface area contributed by atoms with E-state index < -0.39 is 6.04 Å². The number of ether oxygens (including phenoxy) is 1. The van der Waals surface area contributed by atoms with Crippen molar-refractivity contribution in [3.05, 3.63) is 71.8 Å². The number of carbonyl (C=O) groups excluding carboxylic acids is 3. The van der Waals surface area contributed by atoms with Crippen molar-refractivity contribution in [3.8, 4) is 5.75 Å². The van der Waals surface area contributed by atoms with Crippen LogP contribution in [0.4, 0.5) is 5.69 Å². The first kappa shape index (κ1) is 25.2. The normalized spacial score (nSPS) is 13.1. The molecule has 7 heteroatoms. The second-order valence-corrected chi connectivity index (χ2v) is 8.93. The summed E-state index contributed by atoms with van der Waals surface area (Å²) in [4.78, 5) is 42.8. The number of hydrogen-bond acceptors (Lipinski definition) is 4. The fraction of sp³-hybridized carbons (Fsp3) is 0.345. The molecule has 4 rings (SSSR count). The molecule has 3 aromatic carbocycles. The Morgan fingerprint density at radius 3 is 2.53 bits per heavy atom. The molecule has 1 atom stereocenters. The Kier molecular flexibility index (Phi) is 7.88. The molecule has 0 radical (unpaired) electrons. The van der Waals surface area contributed by atoms with Crippen molar-refractivity contribution in [1.82, 2.24) is 10.2 Å². The monoisotopic (exact) mass is 487 g/mol. The standard InChI is InChI=1S/C29H33N3O4/c1-4-24(28(34)30-5-2)32(19-20-10-6-13-22(18-20)36-3)26(33)16-9-17-31-25-15-8-12-21-11-7-14-23(27(21)25)29(31)35/h6-8,10-15,18,24H,4-5,9,16-17,19H2,1-3H3,(H,30,34)/t24-/m1/s1. The number of benzene rings is 3. The van der Waals surface area contributed by atoms with Gasteiger partial charge >= 0.3 is 0 Å². The molecule has 0 fully saturated rings. The lowest BCUT2D eigenvalue weighted by molar-refractivity contribution is -0.141. The Morgan fingerprint density at radius 1 is 1.06 bits per heavy atom. The first-order chi connectivity index (χ1) is 17.5. The lowest BCUT2D eigenvalue weighted by Gasteiger charge is -2.31. The summed E-state index contributed by atoms with van der Waals surface area (Å²) in [5.74, 6) is 0.398. The van der Waals surface area contributed by atoms with Crippen molar-refractivity contribution in [3.63, 3.8) is 0 Å². The van der Waals surface area contributed by atoms with Gasteiger partial charge in [-0.05, 0) is 55.0 Å². The zero-order chi connectivity index (χ0) is 25.7. The summed E-state index contributed by atoms with van der Waals surface area (Å²) in [6.07, 6.45) is 1.23. The quantitative estimate of drug-likeness (QED) is 0.431. The van der Waals surface area contributed by atoms with Crippen LogP contribution in [0.25, 0.3) is 10.8 Å². The highest BCUT2D eigenvalue weighted by molar-refractivity contribution is 6.25. The van der Waals surface area contributed by atoms with Crippen LogP contribution < -0.4 is 15.0 Å². The van der Waals surface area contributed by atoms with E-state index in [0.29, 0.717) is 43.8 Å². The minimum absolute atomic E-state index is 0.0313. The van der Waals surface area contributed by atoms with Gasteiger partial charge < -0.3 is 19.9 Å². The molecule has 36 heavy (non-hydrogen) atoms. The lowest BCUT2D eigenvalue weighted by Crippen LogP contribution is -2.49. The van der Waals surface area contributed by atoms with Crippen LogP contribution in [0, 0.1) is 0 Å².